The van der Waals surface area contributed by atoms with Crippen molar-refractivity contribution < 1.29 is 8.83 Å². The van der Waals surface area contributed by atoms with Crippen LogP contribution < -0.4 is 4.90 Å². The van der Waals surface area contributed by atoms with Gasteiger partial charge in [0.15, 0.2) is 0 Å². The van der Waals surface area contributed by atoms with Crippen molar-refractivity contribution >= 4 is 60.9 Å². The Morgan fingerprint density at radius 1 is 0.356 bits per heavy atom. The molecule has 9 aromatic rings. The van der Waals surface area contributed by atoms with Gasteiger partial charge in [0.05, 0.1) is 16.8 Å². The second-order valence-electron chi connectivity index (χ2n) is 11.3. The van der Waals surface area contributed by atoms with Gasteiger partial charge >= 0.3 is 0 Å². The molecular formula is C42H27NO2. The first kappa shape index (κ1) is 25.4. The number of hydrogen-bond acceptors (Lipinski definition) is 3. The molecule has 3 heteroatoms. The fourth-order valence-electron chi connectivity index (χ4n) is 6.59. The van der Waals surface area contributed by atoms with Crippen molar-refractivity contribution in [1.29, 1.82) is 0 Å². The van der Waals surface area contributed by atoms with Crippen molar-refractivity contribution in [1.82, 2.24) is 0 Å². The van der Waals surface area contributed by atoms with Gasteiger partial charge in [-0.15, -0.1) is 0 Å². The zero-order valence-electron chi connectivity index (χ0n) is 24.4. The minimum Gasteiger partial charge on any atom is -0.456 e. The van der Waals surface area contributed by atoms with Crippen molar-refractivity contribution in [3.05, 3.63) is 164 Å². The average molecular weight is 578 g/mol. The Morgan fingerprint density at radius 3 is 1.78 bits per heavy atom. The standard InChI is InChI=1S/C42H27NO2/c1-2-11-28(12-3-1)29-21-24-31(25-22-29)43(37-17-10-20-40-42(37)35-15-6-9-19-39(35)44-40)36-16-7-4-13-32(36)30-23-26-34-33-14-5-8-18-38(33)45-41(34)27-30/h1-27H. The van der Waals surface area contributed by atoms with Gasteiger partial charge in [-0.3, -0.25) is 0 Å². The lowest BCUT2D eigenvalue weighted by atomic mass is 9.99. The first-order chi connectivity index (χ1) is 22.3. The molecule has 0 N–H and O–H groups in total. The molecule has 9 rings (SSSR count). The van der Waals surface area contributed by atoms with E-state index in [4.69, 9.17) is 8.83 Å². The molecule has 45 heavy (non-hydrogen) atoms. The Bertz CT molecular complexity index is 2490. The third kappa shape index (κ3) is 4.21. The Balaban J connectivity index is 1.28. The maximum atomic E-state index is 6.34. The molecule has 0 fully saturated rings. The van der Waals surface area contributed by atoms with Gasteiger partial charge in [0.1, 0.15) is 22.3 Å². The molecule has 0 unspecified atom stereocenters. The van der Waals surface area contributed by atoms with E-state index < -0.39 is 0 Å². The maximum absolute atomic E-state index is 6.34. The molecule has 0 amide bonds. The molecule has 0 atom stereocenters. The minimum absolute atomic E-state index is 0.862. The number of nitrogens with zero attached hydrogens (tertiary/aromatic N) is 1. The quantitative estimate of drug-likeness (QED) is 0.204. The molecule has 3 nitrogen and oxygen atoms in total. The van der Waals surface area contributed by atoms with Gasteiger partial charge in [-0.2, -0.15) is 0 Å². The topological polar surface area (TPSA) is 29.5 Å². The van der Waals surface area contributed by atoms with Crippen LogP contribution in [0.3, 0.4) is 0 Å². The highest BCUT2D eigenvalue weighted by molar-refractivity contribution is 6.14. The van der Waals surface area contributed by atoms with Crippen molar-refractivity contribution in [3.8, 4) is 22.3 Å². The van der Waals surface area contributed by atoms with E-state index in [1.54, 1.807) is 0 Å². The second-order valence-corrected chi connectivity index (χ2v) is 11.3. The van der Waals surface area contributed by atoms with E-state index in [0.29, 0.717) is 0 Å². The van der Waals surface area contributed by atoms with Crippen LogP contribution in [0.1, 0.15) is 0 Å². The highest BCUT2D eigenvalue weighted by Gasteiger charge is 2.22. The van der Waals surface area contributed by atoms with Crippen LogP contribution in [0.25, 0.3) is 66.1 Å². The van der Waals surface area contributed by atoms with Crippen LogP contribution in [-0.4, -0.2) is 0 Å². The van der Waals surface area contributed by atoms with Crippen molar-refractivity contribution in [3.63, 3.8) is 0 Å². The molecule has 0 saturated heterocycles. The first-order valence-corrected chi connectivity index (χ1v) is 15.2. The van der Waals surface area contributed by atoms with E-state index in [1.165, 1.54) is 11.1 Å². The highest BCUT2D eigenvalue weighted by atomic mass is 16.3. The van der Waals surface area contributed by atoms with E-state index in [-0.39, 0.29) is 0 Å². The lowest BCUT2D eigenvalue weighted by molar-refractivity contribution is 0.668. The largest absolute Gasteiger partial charge is 0.456 e. The number of anilines is 3. The second kappa shape index (κ2) is 10.3. The zero-order valence-corrected chi connectivity index (χ0v) is 24.4. The predicted molar refractivity (Wildman–Crippen MR) is 187 cm³/mol. The van der Waals surface area contributed by atoms with Crippen LogP contribution in [0.15, 0.2) is 173 Å². The molecule has 0 aliphatic heterocycles. The van der Waals surface area contributed by atoms with Gasteiger partial charge in [0.2, 0.25) is 0 Å². The first-order valence-electron chi connectivity index (χ1n) is 15.2. The zero-order chi connectivity index (χ0) is 29.7. The summed E-state index contributed by atoms with van der Waals surface area (Å²) in [7, 11) is 0. The third-order valence-electron chi connectivity index (χ3n) is 8.69. The summed E-state index contributed by atoms with van der Waals surface area (Å²) in [5.74, 6) is 0. The number of benzene rings is 7. The predicted octanol–water partition coefficient (Wildman–Crippen LogP) is 12.3. The van der Waals surface area contributed by atoms with Gasteiger partial charge in [0.25, 0.3) is 0 Å². The minimum atomic E-state index is 0.862. The maximum Gasteiger partial charge on any atom is 0.137 e. The van der Waals surface area contributed by atoms with E-state index in [9.17, 15) is 0 Å². The number of furan rings is 2. The van der Waals surface area contributed by atoms with Crippen LogP contribution in [-0.2, 0) is 0 Å². The Kier molecular flexibility index (Phi) is 5.82. The smallest absolute Gasteiger partial charge is 0.137 e. The summed E-state index contributed by atoms with van der Waals surface area (Å²) >= 11 is 0. The van der Waals surface area contributed by atoms with Crippen LogP contribution in [0, 0.1) is 0 Å². The molecule has 0 radical (unpaired) electrons. The number of rotatable bonds is 5. The van der Waals surface area contributed by atoms with E-state index >= 15 is 0 Å². The molecule has 212 valence electrons. The molecule has 7 aromatic carbocycles. The van der Waals surface area contributed by atoms with Crippen LogP contribution in [0.2, 0.25) is 0 Å². The number of fused-ring (bicyclic) bond motifs is 6. The van der Waals surface area contributed by atoms with Gasteiger partial charge in [-0.1, -0.05) is 109 Å². The van der Waals surface area contributed by atoms with E-state index in [2.05, 4.69) is 144 Å². The molecular weight excluding hydrogens is 550 g/mol. The van der Waals surface area contributed by atoms with Crippen LogP contribution >= 0.6 is 0 Å². The molecule has 2 aromatic heterocycles. The lowest BCUT2D eigenvalue weighted by Gasteiger charge is -2.28. The average Bonchev–Trinajstić information content (AvgIpc) is 3.68. The normalized spacial score (nSPS) is 11.6. The van der Waals surface area contributed by atoms with Crippen molar-refractivity contribution in [2.24, 2.45) is 0 Å². The summed E-state index contributed by atoms with van der Waals surface area (Å²) in [4.78, 5) is 2.36. The summed E-state index contributed by atoms with van der Waals surface area (Å²) in [5, 5.41) is 4.43. The fourth-order valence-corrected chi connectivity index (χ4v) is 6.59. The summed E-state index contributed by atoms with van der Waals surface area (Å²) in [5.41, 5.74) is 11.3. The molecule has 0 saturated carbocycles. The summed E-state index contributed by atoms with van der Waals surface area (Å²) < 4.78 is 12.7. The van der Waals surface area contributed by atoms with Gasteiger partial charge in [-0.05, 0) is 71.3 Å². The number of para-hydroxylation sites is 3. The molecule has 2 heterocycles. The monoisotopic (exact) mass is 577 g/mol. The van der Waals surface area contributed by atoms with Crippen molar-refractivity contribution in [2.45, 2.75) is 0 Å². The molecule has 0 aliphatic carbocycles. The summed E-state index contributed by atoms with van der Waals surface area (Å²) in [6.45, 7) is 0. The third-order valence-corrected chi connectivity index (χ3v) is 8.69. The van der Waals surface area contributed by atoms with Gasteiger partial charge in [0, 0.05) is 27.4 Å². The highest BCUT2D eigenvalue weighted by Crippen LogP contribution is 2.46. The molecule has 0 bridgehead atoms. The lowest BCUT2D eigenvalue weighted by Crippen LogP contribution is -2.11. The van der Waals surface area contributed by atoms with E-state index in [1.807, 2.05) is 24.3 Å². The Labute approximate surface area is 260 Å². The van der Waals surface area contributed by atoms with Crippen LogP contribution in [0.5, 0.6) is 0 Å². The van der Waals surface area contributed by atoms with E-state index in [0.717, 1.165) is 72.1 Å². The Morgan fingerprint density at radius 2 is 0.933 bits per heavy atom. The van der Waals surface area contributed by atoms with Gasteiger partial charge < -0.3 is 13.7 Å². The van der Waals surface area contributed by atoms with Crippen LogP contribution in [0.4, 0.5) is 17.1 Å². The SMILES string of the molecule is c1ccc(-c2ccc(N(c3ccccc3-c3ccc4c(c3)oc3ccccc34)c3cccc4oc5ccccc5c34)cc2)cc1. The van der Waals surface area contributed by atoms with Gasteiger partial charge in [-0.25, -0.2) is 0 Å². The number of hydrogen-bond donors (Lipinski definition) is 0. The Hall–Kier alpha value is -6.06. The molecule has 0 spiro atoms. The fraction of sp³-hybridized carbons (Fsp3) is 0. The summed E-state index contributed by atoms with van der Waals surface area (Å²) in [6, 6.07) is 57.3. The summed E-state index contributed by atoms with van der Waals surface area (Å²) in [6.07, 6.45) is 0. The molecule has 0 aliphatic rings. The van der Waals surface area contributed by atoms with Crippen molar-refractivity contribution in [2.75, 3.05) is 4.90 Å².